The largest absolute Gasteiger partial charge is 0.508 e. The molecule has 1 aliphatic carbocycles. The molecule has 0 bridgehead atoms. The lowest BCUT2D eigenvalue weighted by atomic mass is 9.95. The smallest absolute Gasteiger partial charge is 0.177 e. The standard InChI is InChI=1S/C27H33N3O2S/c1-5-9-24(21-14-17(6-2)25(31)16-26(21)32)30(27(33)28-3)18-12-13-23-20(15-18)19-10-7-8-11-22(19)29(23)4/h9,12-16,31-32H,5-8,10-11H2,1-4H3,(H,28,33). The Bertz CT molecular complexity index is 1240. The van der Waals surface area contributed by atoms with Crippen LogP contribution in [0.2, 0.25) is 0 Å². The number of aryl methyl sites for hydroxylation is 3. The number of benzene rings is 2. The first kappa shape index (κ1) is 23.2. The Morgan fingerprint density at radius 1 is 1.12 bits per heavy atom. The van der Waals surface area contributed by atoms with Crippen molar-refractivity contribution in [1.29, 1.82) is 0 Å². The molecular formula is C27H33N3O2S. The van der Waals surface area contributed by atoms with E-state index in [2.05, 4.69) is 48.1 Å². The monoisotopic (exact) mass is 463 g/mol. The Morgan fingerprint density at radius 2 is 1.88 bits per heavy atom. The third-order valence-corrected chi connectivity index (χ3v) is 7.06. The molecule has 0 spiro atoms. The third-order valence-electron chi connectivity index (χ3n) is 6.68. The van der Waals surface area contributed by atoms with Crippen molar-refractivity contribution in [3.05, 3.63) is 58.8 Å². The van der Waals surface area contributed by atoms with Crippen LogP contribution in [0.5, 0.6) is 11.5 Å². The van der Waals surface area contributed by atoms with Crippen molar-refractivity contribution >= 4 is 39.6 Å². The lowest BCUT2D eigenvalue weighted by Crippen LogP contribution is -2.36. The van der Waals surface area contributed by atoms with Crippen LogP contribution in [0.1, 0.15) is 55.5 Å². The second-order valence-electron chi connectivity index (χ2n) is 8.63. The Balaban J connectivity index is 1.92. The summed E-state index contributed by atoms with van der Waals surface area (Å²) in [5.41, 5.74) is 7.30. The summed E-state index contributed by atoms with van der Waals surface area (Å²) in [7, 11) is 3.97. The van der Waals surface area contributed by atoms with Crippen molar-refractivity contribution in [1.82, 2.24) is 9.88 Å². The number of thiocarbonyl (C=S) groups is 1. The minimum absolute atomic E-state index is 0.0338. The maximum absolute atomic E-state index is 10.8. The molecule has 5 nitrogen and oxygen atoms in total. The van der Waals surface area contributed by atoms with Gasteiger partial charge in [-0.15, -0.1) is 0 Å². The SMILES string of the molecule is CCC=C(c1cc(CC)c(O)cc1O)N(C(=S)NC)c1ccc2c(c1)c1c(n2C)CCCC1. The van der Waals surface area contributed by atoms with E-state index in [0.717, 1.165) is 36.2 Å². The Morgan fingerprint density at radius 3 is 2.58 bits per heavy atom. The highest BCUT2D eigenvalue weighted by molar-refractivity contribution is 7.80. The van der Waals surface area contributed by atoms with Crippen LogP contribution in [0, 0.1) is 0 Å². The fourth-order valence-corrected chi connectivity index (χ4v) is 5.20. The zero-order chi connectivity index (χ0) is 23.7. The summed E-state index contributed by atoms with van der Waals surface area (Å²) >= 11 is 5.77. The minimum Gasteiger partial charge on any atom is -0.508 e. The summed E-state index contributed by atoms with van der Waals surface area (Å²) in [6.07, 6.45) is 8.18. The van der Waals surface area contributed by atoms with Gasteiger partial charge < -0.3 is 20.1 Å². The number of rotatable bonds is 5. The molecule has 1 heterocycles. The van der Waals surface area contributed by atoms with E-state index in [1.807, 2.05) is 24.9 Å². The van der Waals surface area contributed by atoms with E-state index in [9.17, 15) is 10.2 Å². The van der Waals surface area contributed by atoms with Crippen LogP contribution < -0.4 is 10.2 Å². The first-order valence-electron chi connectivity index (χ1n) is 11.8. The van der Waals surface area contributed by atoms with Crippen molar-refractivity contribution in [2.45, 2.75) is 52.4 Å². The van der Waals surface area contributed by atoms with Crippen LogP contribution >= 0.6 is 12.2 Å². The van der Waals surface area contributed by atoms with Gasteiger partial charge in [0.15, 0.2) is 5.11 Å². The van der Waals surface area contributed by atoms with Crippen LogP contribution in [-0.4, -0.2) is 26.9 Å². The molecule has 0 aliphatic heterocycles. The Hall–Kier alpha value is -2.99. The molecule has 3 N–H and O–H groups in total. The van der Waals surface area contributed by atoms with Crippen LogP contribution in [0.15, 0.2) is 36.4 Å². The minimum atomic E-state index is 0.0338. The van der Waals surface area contributed by atoms with Crippen molar-refractivity contribution in [2.75, 3.05) is 11.9 Å². The molecule has 174 valence electrons. The predicted molar refractivity (Wildman–Crippen MR) is 141 cm³/mol. The maximum Gasteiger partial charge on any atom is 0.177 e. The third kappa shape index (κ3) is 4.08. The van der Waals surface area contributed by atoms with Crippen LogP contribution in [0.25, 0.3) is 16.6 Å². The van der Waals surface area contributed by atoms with Gasteiger partial charge in [0.25, 0.3) is 0 Å². The van der Waals surface area contributed by atoms with E-state index in [-0.39, 0.29) is 11.5 Å². The van der Waals surface area contributed by atoms with Gasteiger partial charge >= 0.3 is 0 Å². The van der Waals surface area contributed by atoms with E-state index < -0.39 is 0 Å². The molecule has 0 radical (unpaired) electrons. The number of hydrogen-bond donors (Lipinski definition) is 3. The fraction of sp³-hybridized carbons (Fsp3) is 0.370. The number of nitrogens with zero attached hydrogens (tertiary/aromatic N) is 2. The molecule has 3 aromatic rings. The lowest BCUT2D eigenvalue weighted by Gasteiger charge is -2.29. The highest BCUT2D eigenvalue weighted by atomic mass is 32.1. The number of nitrogens with one attached hydrogen (secondary N) is 1. The van der Waals surface area contributed by atoms with Gasteiger partial charge in [0.2, 0.25) is 0 Å². The normalized spacial score (nSPS) is 13.8. The maximum atomic E-state index is 10.8. The van der Waals surface area contributed by atoms with Gasteiger partial charge in [0.05, 0.1) is 5.70 Å². The fourth-order valence-electron chi connectivity index (χ4n) is 5.00. The molecule has 0 saturated carbocycles. The molecule has 4 rings (SSSR count). The average molecular weight is 464 g/mol. The molecule has 33 heavy (non-hydrogen) atoms. The molecule has 0 saturated heterocycles. The van der Waals surface area contributed by atoms with Crippen molar-refractivity contribution < 1.29 is 10.2 Å². The quantitative estimate of drug-likeness (QED) is 0.418. The summed E-state index contributed by atoms with van der Waals surface area (Å²) in [5, 5.41) is 26.0. The topological polar surface area (TPSA) is 60.7 Å². The van der Waals surface area contributed by atoms with Gasteiger partial charge in [-0.2, -0.15) is 0 Å². The van der Waals surface area contributed by atoms with E-state index >= 15 is 0 Å². The molecule has 0 atom stereocenters. The lowest BCUT2D eigenvalue weighted by molar-refractivity contribution is 0.445. The number of fused-ring (bicyclic) bond motifs is 3. The number of aromatic hydroxyl groups is 2. The second-order valence-corrected chi connectivity index (χ2v) is 9.02. The van der Waals surface area contributed by atoms with Gasteiger partial charge in [-0.1, -0.05) is 19.9 Å². The number of hydrogen-bond acceptors (Lipinski definition) is 3. The zero-order valence-corrected chi connectivity index (χ0v) is 20.7. The molecule has 2 aromatic carbocycles. The molecule has 1 aliphatic rings. The molecule has 0 amide bonds. The Labute approximate surface area is 201 Å². The van der Waals surface area contributed by atoms with Crippen molar-refractivity contribution in [3.63, 3.8) is 0 Å². The van der Waals surface area contributed by atoms with E-state index in [1.54, 1.807) is 0 Å². The summed E-state index contributed by atoms with van der Waals surface area (Å²) in [6, 6.07) is 9.78. The molecule has 6 heteroatoms. The van der Waals surface area contributed by atoms with Crippen LogP contribution in [0.3, 0.4) is 0 Å². The van der Waals surface area contributed by atoms with Crippen LogP contribution in [-0.2, 0) is 26.3 Å². The van der Waals surface area contributed by atoms with Crippen molar-refractivity contribution in [2.24, 2.45) is 7.05 Å². The summed E-state index contributed by atoms with van der Waals surface area (Å²) in [5.74, 6) is 0.140. The van der Waals surface area contributed by atoms with E-state index in [4.69, 9.17) is 12.2 Å². The molecule has 0 fully saturated rings. The van der Waals surface area contributed by atoms with Crippen molar-refractivity contribution in [3.8, 4) is 11.5 Å². The summed E-state index contributed by atoms with van der Waals surface area (Å²) in [6.45, 7) is 4.05. The van der Waals surface area contributed by atoms with Gasteiger partial charge in [0.1, 0.15) is 11.5 Å². The highest BCUT2D eigenvalue weighted by Crippen LogP contribution is 2.39. The number of phenolic OH excluding ortho intramolecular Hbond substituents is 2. The zero-order valence-electron chi connectivity index (χ0n) is 19.9. The first-order chi connectivity index (χ1) is 15.9. The second kappa shape index (κ2) is 9.48. The van der Waals surface area contributed by atoms with E-state index in [1.165, 1.54) is 41.1 Å². The van der Waals surface area contributed by atoms with Gasteiger partial charge in [-0.25, -0.2) is 0 Å². The number of aromatic nitrogens is 1. The van der Waals surface area contributed by atoms with Gasteiger partial charge in [0, 0.05) is 48.0 Å². The number of anilines is 1. The highest BCUT2D eigenvalue weighted by Gasteiger charge is 2.24. The average Bonchev–Trinajstić information content (AvgIpc) is 3.10. The van der Waals surface area contributed by atoms with E-state index in [0.29, 0.717) is 17.1 Å². The first-order valence-corrected chi connectivity index (χ1v) is 12.2. The Kier molecular flexibility index (Phi) is 6.66. The van der Waals surface area contributed by atoms with Gasteiger partial charge in [-0.05, 0) is 86.1 Å². The number of allylic oxidation sites excluding steroid dienone is 1. The summed E-state index contributed by atoms with van der Waals surface area (Å²) < 4.78 is 2.33. The predicted octanol–water partition coefficient (Wildman–Crippen LogP) is 5.79. The van der Waals surface area contributed by atoms with Crippen LogP contribution in [0.4, 0.5) is 5.69 Å². The molecule has 1 aromatic heterocycles. The molecule has 0 unspecified atom stereocenters. The molecular weight excluding hydrogens is 430 g/mol. The summed E-state index contributed by atoms with van der Waals surface area (Å²) in [4.78, 5) is 1.99. The number of phenols is 2. The van der Waals surface area contributed by atoms with Gasteiger partial charge in [-0.3, -0.25) is 4.90 Å².